The van der Waals surface area contributed by atoms with E-state index in [9.17, 15) is 14.4 Å². The first-order valence-electron chi connectivity index (χ1n) is 8.30. The summed E-state index contributed by atoms with van der Waals surface area (Å²) >= 11 is 5.82. The second-order valence-corrected chi connectivity index (χ2v) is 6.59. The largest absolute Gasteiger partial charge is 0.452 e. The Morgan fingerprint density at radius 3 is 2.33 bits per heavy atom. The van der Waals surface area contributed by atoms with Gasteiger partial charge >= 0.3 is 5.97 Å². The van der Waals surface area contributed by atoms with Crippen molar-refractivity contribution in [1.29, 1.82) is 0 Å². The number of hydrogen-bond acceptors (Lipinski definition) is 4. The van der Waals surface area contributed by atoms with Crippen LogP contribution in [0.1, 0.15) is 21.5 Å². The number of ether oxygens (including phenoxy) is 1. The predicted molar refractivity (Wildman–Crippen MR) is 104 cm³/mol. The van der Waals surface area contributed by atoms with Crippen LogP contribution in [-0.2, 0) is 14.3 Å². The number of aryl methyl sites for hydroxylation is 2. The Morgan fingerprint density at radius 1 is 1.07 bits per heavy atom. The van der Waals surface area contributed by atoms with E-state index < -0.39 is 18.5 Å². The van der Waals surface area contributed by atoms with E-state index in [1.165, 1.54) is 18.0 Å². The second-order valence-electron chi connectivity index (χ2n) is 6.15. The Morgan fingerprint density at radius 2 is 1.70 bits per heavy atom. The highest BCUT2D eigenvalue weighted by molar-refractivity contribution is 6.30. The first-order chi connectivity index (χ1) is 12.8. The molecule has 0 aliphatic carbocycles. The summed E-state index contributed by atoms with van der Waals surface area (Å²) in [6, 6.07) is 11.9. The van der Waals surface area contributed by atoms with Crippen molar-refractivity contribution < 1.29 is 19.1 Å². The zero-order chi connectivity index (χ0) is 20.0. The minimum atomic E-state index is -0.653. The van der Waals surface area contributed by atoms with Crippen molar-refractivity contribution in [2.75, 3.05) is 25.5 Å². The standard InChI is InChI=1S/C20H21ClN2O4/c1-13-6-4-7-14(2)19(13)22-17(24)11-23(3)18(25)12-27-20(26)15-8-5-9-16(21)10-15/h4-10H,11-12H2,1-3H3,(H,22,24). The maximum Gasteiger partial charge on any atom is 0.338 e. The van der Waals surface area contributed by atoms with Gasteiger partial charge in [-0.2, -0.15) is 0 Å². The molecule has 0 atom stereocenters. The van der Waals surface area contributed by atoms with Crippen LogP contribution in [0.2, 0.25) is 5.02 Å². The van der Waals surface area contributed by atoms with Gasteiger partial charge in [-0.05, 0) is 43.2 Å². The number of esters is 1. The summed E-state index contributed by atoms with van der Waals surface area (Å²) in [6.07, 6.45) is 0. The van der Waals surface area contributed by atoms with Gasteiger partial charge in [-0.1, -0.05) is 35.9 Å². The van der Waals surface area contributed by atoms with Crippen LogP contribution in [-0.4, -0.2) is 42.9 Å². The molecule has 0 fully saturated rings. The van der Waals surface area contributed by atoms with Crippen LogP contribution in [0.5, 0.6) is 0 Å². The van der Waals surface area contributed by atoms with E-state index in [0.717, 1.165) is 16.8 Å². The molecule has 0 saturated heterocycles. The summed E-state index contributed by atoms with van der Waals surface area (Å²) in [7, 11) is 1.47. The lowest BCUT2D eigenvalue weighted by atomic mass is 10.1. The summed E-state index contributed by atoms with van der Waals surface area (Å²) in [5.74, 6) is -1.47. The lowest BCUT2D eigenvalue weighted by molar-refractivity contribution is -0.136. The van der Waals surface area contributed by atoms with Crippen molar-refractivity contribution in [2.24, 2.45) is 0 Å². The number of para-hydroxylation sites is 1. The zero-order valence-electron chi connectivity index (χ0n) is 15.4. The van der Waals surface area contributed by atoms with Crippen LogP contribution >= 0.6 is 11.6 Å². The monoisotopic (exact) mass is 388 g/mol. The Bertz CT molecular complexity index is 847. The minimum absolute atomic E-state index is 0.151. The topological polar surface area (TPSA) is 75.7 Å². The number of rotatable bonds is 6. The van der Waals surface area contributed by atoms with E-state index in [2.05, 4.69) is 5.32 Å². The number of benzene rings is 2. The first kappa shape index (κ1) is 20.5. The van der Waals surface area contributed by atoms with Crippen LogP contribution < -0.4 is 5.32 Å². The lowest BCUT2D eigenvalue weighted by Crippen LogP contribution is -2.37. The highest BCUT2D eigenvalue weighted by Gasteiger charge is 2.17. The van der Waals surface area contributed by atoms with E-state index in [4.69, 9.17) is 16.3 Å². The molecule has 2 aromatic carbocycles. The summed E-state index contributed by atoms with van der Waals surface area (Å²) < 4.78 is 4.98. The molecule has 0 bridgehead atoms. The molecular weight excluding hydrogens is 368 g/mol. The first-order valence-corrected chi connectivity index (χ1v) is 8.68. The lowest BCUT2D eigenvalue weighted by Gasteiger charge is -2.18. The molecule has 27 heavy (non-hydrogen) atoms. The highest BCUT2D eigenvalue weighted by atomic mass is 35.5. The summed E-state index contributed by atoms with van der Waals surface area (Å²) in [6.45, 7) is 3.18. The molecule has 0 radical (unpaired) electrons. The third-order valence-electron chi connectivity index (χ3n) is 3.94. The number of likely N-dealkylation sites (N-methyl/N-ethyl adjacent to an activating group) is 1. The molecule has 2 rings (SSSR count). The van der Waals surface area contributed by atoms with Crippen LogP contribution in [0.4, 0.5) is 5.69 Å². The maximum absolute atomic E-state index is 12.2. The minimum Gasteiger partial charge on any atom is -0.452 e. The number of carbonyl (C=O) groups excluding carboxylic acids is 3. The average Bonchev–Trinajstić information content (AvgIpc) is 2.62. The molecule has 0 saturated carbocycles. The van der Waals surface area contributed by atoms with Crippen LogP contribution in [0.15, 0.2) is 42.5 Å². The van der Waals surface area contributed by atoms with Crippen molar-refractivity contribution in [3.8, 4) is 0 Å². The molecule has 0 heterocycles. The van der Waals surface area contributed by atoms with E-state index >= 15 is 0 Å². The third kappa shape index (κ3) is 5.82. The van der Waals surface area contributed by atoms with Crippen molar-refractivity contribution in [2.45, 2.75) is 13.8 Å². The Kier molecular flexibility index (Phi) is 6.96. The maximum atomic E-state index is 12.2. The van der Waals surface area contributed by atoms with Gasteiger partial charge in [0.05, 0.1) is 12.1 Å². The van der Waals surface area contributed by atoms with Crippen molar-refractivity contribution in [3.63, 3.8) is 0 Å². The van der Waals surface area contributed by atoms with Crippen LogP contribution in [0, 0.1) is 13.8 Å². The molecule has 0 aliphatic rings. The number of nitrogens with zero attached hydrogens (tertiary/aromatic N) is 1. The molecule has 0 aromatic heterocycles. The number of carbonyl (C=O) groups is 3. The molecule has 142 valence electrons. The molecule has 1 N–H and O–H groups in total. The van der Waals surface area contributed by atoms with Gasteiger partial charge in [0.15, 0.2) is 6.61 Å². The Labute approximate surface area is 163 Å². The molecule has 7 heteroatoms. The fourth-order valence-electron chi connectivity index (χ4n) is 2.43. The second kappa shape index (κ2) is 9.19. The van der Waals surface area contributed by atoms with Crippen molar-refractivity contribution in [1.82, 2.24) is 4.90 Å². The van der Waals surface area contributed by atoms with Crippen LogP contribution in [0.3, 0.4) is 0 Å². The smallest absolute Gasteiger partial charge is 0.338 e. The average molecular weight is 389 g/mol. The molecule has 0 spiro atoms. The zero-order valence-corrected chi connectivity index (χ0v) is 16.2. The number of amides is 2. The molecule has 2 aromatic rings. The van der Waals surface area contributed by atoms with Gasteiger partial charge in [-0.3, -0.25) is 9.59 Å². The van der Waals surface area contributed by atoms with Gasteiger partial charge in [-0.15, -0.1) is 0 Å². The number of halogens is 1. The Hall–Kier alpha value is -2.86. The van der Waals surface area contributed by atoms with E-state index in [1.807, 2.05) is 32.0 Å². The third-order valence-corrected chi connectivity index (χ3v) is 4.17. The van der Waals surface area contributed by atoms with Gasteiger partial charge in [0, 0.05) is 17.8 Å². The fraction of sp³-hybridized carbons (Fsp3) is 0.250. The highest BCUT2D eigenvalue weighted by Crippen LogP contribution is 2.19. The van der Waals surface area contributed by atoms with E-state index in [1.54, 1.807) is 18.2 Å². The number of hydrogen-bond donors (Lipinski definition) is 1. The predicted octanol–water partition coefficient (Wildman–Crippen LogP) is 3.21. The molecular formula is C20H21ClN2O4. The molecule has 6 nitrogen and oxygen atoms in total. The summed E-state index contributed by atoms with van der Waals surface area (Å²) in [4.78, 5) is 37.4. The Balaban J connectivity index is 1.86. The summed E-state index contributed by atoms with van der Waals surface area (Å²) in [5, 5.41) is 3.21. The van der Waals surface area contributed by atoms with Gasteiger partial charge in [0.1, 0.15) is 0 Å². The van der Waals surface area contributed by atoms with Crippen molar-refractivity contribution in [3.05, 3.63) is 64.2 Å². The SMILES string of the molecule is Cc1cccc(C)c1NC(=O)CN(C)C(=O)COC(=O)c1cccc(Cl)c1. The van der Waals surface area contributed by atoms with Gasteiger partial charge < -0.3 is 15.0 Å². The molecule has 2 amide bonds. The molecule has 0 aliphatic heterocycles. The fourth-order valence-corrected chi connectivity index (χ4v) is 2.62. The normalized spacial score (nSPS) is 10.2. The quantitative estimate of drug-likeness (QED) is 0.771. The number of nitrogens with one attached hydrogen (secondary N) is 1. The van der Waals surface area contributed by atoms with Gasteiger partial charge in [0.25, 0.3) is 5.91 Å². The van der Waals surface area contributed by atoms with Crippen molar-refractivity contribution >= 4 is 35.1 Å². The van der Waals surface area contributed by atoms with Gasteiger partial charge in [-0.25, -0.2) is 4.79 Å². The molecule has 0 unspecified atom stereocenters. The van der Waals surface area contributed by atoms with E-state index in [-0.39, 0.29) is 18.0 Å². The van der Waals surface area contributed by atoms with Crippen LogP contribution in [0.25, 0.3) is 0 Å². The number of anilines is 1. The summed E-state index contributed by atoms with van der Waals surface area (Å²) in [5.41, 5.74) is 2.86. The van der Waals surface area contributed by atoms with E-state index in [0.29, 0.717) is 5.02 Å². The van der Waals surface area contributed by atoms with Gasteiger partial charge in [0.2, 0.25) is 5.91 Å².